The summed E-state index contributed by atoms with van der Waals surface area (Å²) in [6, 6.07) is 22.3. The quantitative estimate of drug-likeness (QED) is 0.490. The molecule has 154 valence electrons. The summed E-state index contributed by atoms with van der Waals surface area (Å²) in [4.78, 5) is 12.5. The van der Waals surface area contributed by atoms with Crippen LogP contribution in [-0.4, -0.2) is 25.2 Å². The summed E-state index contributed by atoms with van der Waals surface area (Å²) >= 11 is 5.40. The lowest BCUT2D eigenvalue weighted by Gasteiger charge is -2.15. The van der Waals surface area contributed by atoms with Gasteiger partial charge in [-0.1, -0.05) is 36.4 Å². The summed E-state index contributed by atoms with van der Waals surface area (Å²) in [5.41, 5.74) is 2.99. The number of carbonyl (C=O) groups excluding carboxylic acids is 1. The monoisotopic (exact) mass is 421 g/mol. The highest BCUT2D eigenvalue weighted by molar-refractivity contribution is 7.80. The number of ether oxygens (including phenoxy) is 2. The Labute approximate surface area is 181 Å². The van der Waals surface area contributed by atoms with Crippen LogP contribution in [0.2, 0.25) is 0 Å². The van der Waals surface area contributed by atoms with Gasteiger partial charge in [0.15, 0.2) is 5.11 Å². The Morgan fingerprint density at radius 2 is 1.70 bits per heavy atom. The maximum atomic E-state index is 12.5. The molecule has 0 saturated heterocycles. The van der Waals surface area contributed by atoms with Gasteiger partial charge >= 0.3 is 0 Å². The Morgan fingerprint density at radius 1 is 0.900 bits per heavy atom. The smallest absolute Gasteiger partial charge is 0.251 e. The van der Waals surface area contributed by atoms with Crippen molar-refractivity contribution < 1.29 is 14.3 Å². The Hall–Kier alpha value is -3.58. The van der Waals surface area contributed by atoms with Crippen molar-refractivity contribution in [2.45, 2.75) is 6.54 Å². The summed E-state index contributed by atoms with van der Waals surface area (Å²) in [7, 11) is 3.17. The number of amides is 1. The topological polar surface area (TPSA) is 71.6 Å². The summed E-state index contributed by atoms with van der Waals surface area (Å²) in [6.45, 7) is 0.467. The zero-order valence-corrected chi connectivity index (χ0v) is 17.6. The van der Waals surface area contributed by atoms with E-state index >= 15 is 0 Å². The number of nitrogens with one attached hydrogen (secondary N) is 3. The Bertz CT molecular complexity index is 1030. The first-order chi connectivity index (χ1) is 14.6. The van der Waals surface area contributed by atoms with Gasteiger partial charge < -0.3 is 25.4 Å². The molecule has 0 unspecified atom stereocenters. The molecule has 3 aromatic carbocycles. The highest BCUT2D eigenvalue weighted by Gasteiger charge is 2.09. The number of benzene rings is 3. The van der Waals surface area contributed by atoms with Crippen molar-refractivity contribution in [2.24, 2.45) is 0 Å². The standard InChI is InChI=1S/C23H23N3O3S/c1-28-19-11-12-20(21(14-19)29-2)26-23(30)25-18-10-6-9-17(13-18)22(27)24-15-16-7-4-3-5-8-16/h3-14H,15H2,1-2H3,(H,24,27)(H2,25,26,30). The molecule has 0 heterocycles. The molecular formula is C23H23N3O3S. The van der Waals surface area contributed by atoms with Gasteiger partial charge in [0, 0.05) is 23.9 Å². The van der Waals surface area contributed by atoms with Crippen LogP contribution in [0.3, 0.4) is 0 Å². The zero-order valence-electron chi connectivity index (χ0n) is 16.8. The lowest BCUT2D eigenvalue weighted by Crippen LogP contribution is -2.23. The molecule has 0 aliphatic carbocycles. The Kier molecular flexibility index (Phi) is 7.24. The van der Waals surface area contributed by atoms with Crippen molar-refractivity contribution in [3.63, 3.8) is 0 Å². The molecule has 1 amide bonds. The van der Waals surface area contributed by atoms with Crippen LogP contribution in [-0.2, 0) is 6.54 Å². The lowest BCUT2D eigenvalue weighted by atomic mass is 10.1. The molecule has 0 radical (unpaired) electrons. The first-order valence-corrected chi connectivity index (χ1v) is 9.72. The van der Waals surface area contributed by atoms with Gasteiger partial charge in [-0.25, -0.2) is 0 Å². The highest BCUT2D eigenvalue weighted by atomic mass is 32.1. The van der Waals surface area contributed by atoms with Crippen LogP contribution in [0.15, 0.2) is 72.8 Å². The summed E-state index contributed by atoms with van der Waals surface area (Å²) in [5.74, 6) is 1.14. The molecule has 3 aromatic rings. The molecule has 7 heteroatoms. The predicted octanol–water partition coefficient (Wildman–Crippen LogP) is 4.44. The van der Waals surface area contributed by atoms with Gasteiger partial charge in [0.05, 0.1) is 19.9 Å². The maximum Gasteiger partial charge on any atom is 0.251 e. The summed E-state index contributed by atoms with van der Waals surface area (Å²) < 4.78 is 10.6. The molecule has 0 spiro atoms. The van der Waals surface area contributed by atoms with Crippen LogP contribution < -0.4 is 25.4 Å². The van der Waals surface area contributed by atoms with E-state index in [1.54, 1.807) is 38.5 Å². The Balaban J connectivity index is 1.62. The van der Waals surface area contributed by atoms with Crippen LogP contribution >= 0.6 is 12.2 Å². The largest absolute Gasteiger partial charge is 0.497 e. The first-order valence-electron chi connectivity index (χ1n) is 9.31. The number of carbonyl (C=O) groups is 1. The van der Waals surface area contributed by atoms with Crippen LogP contribution in [0.4, 0.5) is 11.4 Å². The Morgan fingerprint density at radius 3 is 2.43 bits per heavy atom. The molecule has 6 nitrogen and oxygen atoms in total. The van der Waals surface area contributed by atoms with Gasteiger partial charge in [0.1, 0.15) is 11.5 Å². The fourth-order valence-corrected chi connectivity index (χ4v) is 3.03. The molecule has 0 saturated carbocycles. The molecule has 0 atom stereocenters. The number of anilines is 2. The van der Waals surface area contributed by atoms with Gasteiger partial charge in [0.2, 0.25) is 0 Å². The van der Waals surface area contributed by atoms with E-state index in [0.717, 1.165) is 5.56 Å². The van der Waals surface area contributed by atoms with E-state index in [9.17, 15) is 4.79 Å². The van der Waals surface area contributed by atoms with Crippen LogP contribution in [0.1, 0.15) is 15.9 Å². The average molecular weight is 422 g/mol. The van der Waals surface area contributed by atoms with Crippen molar-refractivity contribution in [1.29, 1.82) is 0 Å². The van der Waals surface area contributed by atoms with Crippen molar-refractivity contribution in [2.75, 3.05) is 24.9 Å². The summed E-state index contributed by atoms with van der Waals surface area (Å²) in [6.07, 6.45) is 0. The van der Waals surface area contributed by atoms with Crippen LogP contribution in [0, 0.1) is 0 Å². The van der Waals surface area contributed by atoms with Gasteiger partial charge in [-0.2, -0.15) is 0 Å². The minimum absolute atomic E-state index is 0.154. The number of methoxy groups -OCH3 is 2. The molecule has 0 bridgehead atoms. The van der Waals surface area contributed by atoms with E-state index in [0.29, 0.717) is 40.1 Å². The number of hydrogen-bond donors (Lipinski definition) is 3. The van der Waals surface area contributed by atoms with E-state index in [1.165, 1.54) is 0 Å². The van der Waals surface area contributed by atoms with Gasteiger partial charge in [-0.05, 0) is 48.1 Å². The first kappa shape index (κ1) is 21.1. The minimum Gasteiger partial charge on any atom is -0.497 e. The van der Waals surface area contributed by atoms with Crippen LogP contribution in [0.25, 0.3) is 0 Å². The van der Waals surface area contributed by atoms with E-state index in [4.69, 9.17) is 21.7 Å². The SMILES string of the molecule is COc1ccc(NC(=S)Nc2cccc(C(=O)NCc3ccccc3)c2)c(OC)c1. The van der Waals surface area contributed by atoms with E-state index in [1.807, 2.05) is 48.5 Å². The third-order valence-electron chi connectivity index (χ3n) is 4.34. The molecule has 3 rings (SSSR count). The number of thiocarbonyl (C=S) groups is 1. The molecule has 3 N–H and O–H groups in total. The molecule has 30 heavy (non-hydrogen) atoms. The van der Waals surface area contributed by atoms with Crippen molar-refractivity contribution in [3.8, 4) is 11.5 Å². The maximum absolute atomic E-state index is 12.5. The average Bonchev–Trinajstić information content (AvgIpc) is 2.78. The second-order valence-electron chi connectivity index (χ2n) is 6.39. The van der Waals surface area contributed by atoms with Gasteiger partial charge in [-0.3, -0.25) is 4.79 Å². The number of rotatable bonds is 7. The van der Waals surface area contributed by atoms with Gasteiger partial charge in [-0.15, -0.1) is 0 Å². The minimum atomic E-state index is -0.154. The van der Waals surface area contributed by atoms with Crippen LogP contribution in [0.5, 0.6) is 11.5 Å². The molecule has 0 aliphatic heterocycles. The van der Waals surface area contributed by atoms with E-state index in [-0.39, 0.29) is 5.91 Å². The molecule has 0 aromatic heterocycles. The fraction of sp³-hybridized carbons (Fsp3) is 0.130. The lowest BCUT2D eigenvalue weighted by molar-refractivity contribution is 0.0951. The molecular weight excluding hydrogens is 398 g/mol. The second kappa shape index (κ2) is 10.3. The fourth-order valence-electron chi connectivity index (χ4n) is 2.80. The normalized spacial score (nSPS) is 10.1. The van der Waals surface area contributed by atoms with E-state index < -0.39 is 0 Å². The third kappa shape index (κ3) is 5.71. The second-order valence-corrected chi connectivity index (χ2v) is 6.80. The molecule has 0 fully saturated rings. The highest BCUT2D eigenvalue weighted by Crippen LogP contribution is 2.29. The van der Waals surface area contributed by atoms with E-state index in [2.05, 4.69) is 16.0 Å². The third-order valence-corrected chi connectivity index (χ3v) is 4.54. The van der Waals surface area contributed by atoms with Crippen molar-refractivity contribution in [3.05, 3.63) is 83.9 Å². The molecule has 0 aliphatic rings. The zero-order chi connectivity index (χ0) is 21.3. The number of hydrogen-bond acceptors (Lipinski definition) is 4. The van der Waals surface area contributed by atoms with Crippen molar-refractivity contribution >= 4 is 34.6 Å². The summed E-state index contributed by atoms with van der Waals surface area (Å²) in [5, 5.41) is 9.48. The van der Waals surface area contributed by atoms with Crippen molar-refractivity contribution in [1.82, 2.24) is 5.32 Å². The van der Waals surface area contributed by atoms with Gasteiger partial charge in [0.25, 0.3) is 5.91 Å². The predicted molar refractivity (Wildman–Crippen MR) is 123 cm³/mol.